The van der Waals surface area contributed by atoms with Crippen molar-refractivity contribution in [2.24, 2.45) is 5.92 Å². The number of aromatic amines is 1. The van der Waals surface area contributed by atoms with E-state index in [4.69, 9.17) is 4.74 Å². The zero-order valence-electron chi connectivity index (χ0n) is 11.6. The van der Waals surface area contributed by atoms with Crippen LogP contribution in [0.5, 0.6) is 0 Å². The van der Waals surface area contributed by atoms with Crippen LogP contribution in [0.4, 0.5) is 5.82 Å². The Morgan fingerprint density at radius 1 is 1.38 bits per heavy atom. The maximum absolute atomic E-state index is 12.2. The maximum atomic E-state index is 12.2. The number of rotatable bonds is 3. The van der Waals surface area contributed by atoms with E-state index in [1.165, 1.54) is 7.11 Å². The average Bonchev–Trinajstić information content (AvgIpc) is 3.13. The van der Waals surface area contributed by atoms with Crippen molar-refractivity contribution < 1.29 is 14.3 Å². The molecule has 0 spiro atoms. The minimum absolute atomic E-state index is 0.105. The second kappa shape index (κ2) is 5.40. The van der Waals surface area contributed by atoms with E-state index in [0.717, 1.165) is 11.1 Å². The van der Waals surface area contributed by atoms with Crippen molar-refractivity contribution in [1.29, 1.82) is 0 Å². The van der Waals surface area contributed by atoms with Crippen molar-refractivity contribution in [1.82, 2.24) is 10.2 Å². The predicted octanol–water partition coefficient (Wildman–Crippen LogP) is 1.60. The highest BCUT2D eigenvalue weighted by molar-refractivity contribution is 6.01. The van der Waals surface area contributed by atoms with E-state index in [1.54, 1.807) is 11.1 Å². The monoisotopic (exact) mass is 285 g/mol. The number of aromatic nitrogens is 2. The Hall–Kier alpha value is -2.63. The molecule has 1 aromatic heterocycles. The molecule has 1 aliphatic heterocycles. The number of H-pyrrole nitrogens is 1. The maximum Gasteiger partial charge on any atom is 0.311 e. The highest BCUT2D eigenvalue weighted by Crippen LogP contribution is 2.32. The van der Waals surface area contributed by atoms with Gasteiger partial charge in [0.1, 0.15) is 5.82 Å². The van der Waals surface area contributed by atoms with Crippen LogP contribution in [-0.4, -0.2) is 35.7 Å². The van der Waals surface area contributed by atoms with Crippen molar-refractivity contribution in [3.63, 3.8) is 0 Å². The molecule has 1 fully saturated rings. The molecule has 2 aromatic rings. The van der Waals surface area contributed by atoms with Gasteiger partial charge in [0, 0.05) is 18.5 Å². The second-order valence-corrected chi connectivity index (χ2v) is 4.93. The second-order valence-electron chi connectivity index (χ2n) is 4.93. The molecule has 0 radical (unpaired) electrons. The predicted molar refractivity (Wildman–Crippen MR) is 76.5 cm³/mol. The number of hydrogen-bond donors (Lipinski definition) is 1. The van der Waals surface area contributed by atoms with Gasteiger partial charge in [-0.05, 0) is 5.56 Å². The van der Waals surface area contributed by atoms with Gasteiger partial charge in [-0.2, -0.15) is 5.10 Å². The number of anilines is 1. The van der Waals surface area contributed by atoms with Crippen LogP contribution in [0.3, 0.4) is 0 Å². The summed E-state index contributed by atoms with van der Waals surface area (Å²) in [5, 5.41) is 6.89. The lowest BCUT2D eigenvalue weighted by Gasteiger charge is -2.16. The first-order chi connectivity index (χ1) is 10.2. The number of hydrogen-bond acceptors (Lipinski definition) is 4. The molecule has 1 unspecified atom stereocenters. The summed E-state index contributed by atoms with van der Waals surface area (Å²) in [5.74, 6) is -0.259. The van der Waals surface area contributed by atoms with Gasteiger partial charge in [0.15, 0.2) is 0 Å². The van der Waals surface area contributed by atoms with E-state index >= 15 is 0 Å². The third-order valence-corrected chi connectivity index (χ3v) is 3.63. The molecule has 108 valence electrons. The summed E-state index contributed by atoms with van der Waals surface area (Å²) < 4.78 is 4.72. The molecular formula is C15H15N3O3. The zero-order valence-corrected chi connectivity index (χ0v) is 11.6. The minimum Gasteiger partial charge on any atom is -0.469 e. The third-order valence-electron chi connectivity index (χ3n) is 3.63. The first-order valence-corrected chi connectivity index (χ1v) is 6.67. The van der Waals surface area contributed by atoms with Gasteiger partial charge in [-0.25, -0.2) is 0 Å². The quantitative estimate of drug-likeness (QED) is 0.869. The van der Waals surface area contributed by atoms with Crippen LogP contribution in [0.2, 0.25) is 0 Å². The van der Waals surface area contributed by atoms with Gasteiger partial charge in [-0.15, -0.1) is 0 Å². The van der Waals surface area contributed by atoms with Crippen LogP contribution >= 0.6 is 0 Å². The smallest absolute Gasteiger partial charge is 0.311 e. The van der Waals surface area contributed by atoms with E-state index in [0.29, 0.717) is 12.4 Å². The molecular weight excluding hydrogens is 270 g/mol. The fraction of sp³-hybridized carbons (Fsp3) is 0.267. The molecule has 6 nitrogen and oxygen atoms in total. The molecule has 3 rings (SSSR count). The van der Waals surface area contributed by atoms with Crippen LogP contribution in [-0.2, 0) is 14.3 Å². The van der Waals surface area contributed by atoms with Crippen LogP contribution in [0.1, 0.15) is 6.42 Å². The van der Waals surface area contributed by atoms with Gasteiger partial charge in [0.05, 0.1) is 19.2 Å². The number of carbonyl (C=O) groups excluding carboxylic acids is 2. The molecule has 1 saturated heterocycles. The average molecular weight is 285 g/mol. The van der Waals surface area contributed by atoms with Gasteiger partial charge in [-0.1, -0.05) is 30.3 Å². The number of nitrogens with zero attached hydrogens (tertiary/aromatic N) is 2. The summed E-state index contributed by atoms with van der Waals surface area (Å²) in [6.45, 7) is 0.313. The number of carbonyl (C=O) groups is 2. The standard InChI is InChI=1S/C15H15N3O3/c1-21-15(20)11-7-13(19)18(9-11)14-12(8-16-17-14)10-5-3-2-4-6-10/h2-6,8,11H,7,9H2,1H3,(H,16,17). The van der Waals surface area contributed by atoms with Crippen LogP contribution in [0.15, 0.2) is 36.5 Å². The molecule has 0 bridgehead atoms. The van der Waals surface area contributed by atoms with Crippen LogP contribution < -0.4 is 4.90 Å². The van der Waals surface area contributed by atoms with E-state index in [1.807, 2.05) is 30.3 Å². The van der Waals surface area contributed by atoms with Gasteiger partial charge < -0.3 is 4.74 Å². The molecule has 0 saturated carbocycles. The lowest BCUT2D eigenvalue weighted by molar-refractivity contribution is -0.145. The highest BCUT2D eigenvalue weighted by atomic mass is 16.5. The Bertz CT molecular complexity index is 666. The van der Waals surface area contributed by atoms with Crippen molar-refractivity contribution >= 4 is 17.7 Å². The van der Waals surface area contributed by atoms with Crippen LogP contribution in [0, 0.1) is 5.92 Å². The van der Waals surface area contributed by atoms with Gasteiger partial charge in [0.25, 0.3) is 0 Å². The summed E-state index contributed by atoms with van der Waals surface area (Å²) in [7, 11) is 1.33. The van der Waals surface area contributed by atoms with Gasteiger partial charge >= 0.3 is 5.97 Å². The molecule has 6 heteroatoms. The highest BCUT2D eigenvalue weighted by Gasteiger charge is 2.37. The van der Waals surface area contributed by atoms with Crippen molar-refractivity contribution in [2.75, 3.05) is 18.6 Å². The Morgan fingerprint density at radius 2 is 2.14 bits per heavy atom. The molecule has 21 heavy (non-hydrogen) atoms. The third kappa shape index (κ3) is 2.40. The Balaban J connectivity index is 1.91. The number of esters is 1. The van der Waals surface area contributed by atoms with E-state index < -0.39 is 5.92 Å². The SMILES string of the molecule is COC(=O)C1CC(=O)N(c2[nH]ncc2-c2ccccc2)C1. The minimum atomic E-state index is -0.422. The number of ether oxygens (including phenoxy) is 1. The number of amides is 1. The van der Waals surface area contributed by atoms with Crippen molar-refractivity contribution in [3.8, 4) is 11.1 Å². The lowest BCUT2D eigenvalue weighted by atomic mass is 10.1. The number of benzene rings is 1. The summed E-state index contributed by atoms with van der Waals surface area (Å²) in [6.07, 6.45) is 1.85. The number of methoxy groups -OCH3 is 1. The molecule has 1 aliphatic rings. The summed E-state index contributed by atoms with van der Waals surface area (Å²) in [5.41, 5.74) is 1.81. The van der Waals surface area contributed by atoms with E-state index in [-0.39, 0.29) is 18.3 Å². The number of nitrogens with one attached hydrogen (secondary N) is 1. The molecule has 1 atom stereocenters. The molecule has 0 aliphatic carbocycles. The Morgan fingerprint density at radius 3 is 2.86 bits per heavy atom. The summed E-state index contributed by atoms with van der Waals surface area (Å²) >= 11 is 0. The molecule has 2 heterocycles. The Labute approximate surface area is 121 Å². The first-order valence-electron chi connectivity index (χ1n) is 6.67. The van der Waals surface area contributed by atoms with Crippen molar-refractivity contribution in [2.45, 2.75) is 6.42 Å². The van der Waals surface area contributed by atoms with Gasteiger partial charge in [0.2, 0.25) is 5.91 Å². The van der Waals surface area contributed by atoms with E-state index in [9.17, 15) is 9.59 Å². The first kappa shape index (κ1) is 13.4. The fourth-order valence-corrected chi connectivity index (χ4v) is 2.56. The van der Waals surface area contributed by atoms with Crippen molar-refractivity contribution in [3.05, 3.63) is 36.5 Å². The van der Waals surface area contributed by atoms with Crippen LogP contribution in [0.25, 0.3) is 11.1 Å². The van der Waals surface area contributed by atoms with E-state index in [2.05, 4.69) is 10.2 Å². The Kier molecular flexibility index (Phi) is 3.43. The molecule has 1 amide bonds. The zero-order chi connectivity index (χ0) is 14.8. The molecule has 1 aromatic carbocycles. The summed E-state index contributed by atoms with van der Waals surface area (Å²) in [4.78, 5) is 25.3. The summed E-state index contributed by atoms with van der Waals surface area (Å²) in [6, 6.07) is 9.68. The topological polar surface area (TPSA) is 75.3 Å². The molecule has 1 N–H and O–H groups in total. The largest absolute Gasteiger partial charge is 0.469 e. The normalized spacial score (nSPS) is 18.0. The van der Waals surface area contributed by atoms with Gasteiger partial charge in [-0.3, -0.25) is 19.6 Å². The lowest BCUT2D eigenvalue weighted by Crippen LogP contribution is -2.27. The fourth-order valence-electron chi connectivity index (χ4n) is 2.56.